The Bertz CT molecular complexity index is 651. The van der Waals surface area contributed by atoms with Gasteiger partial charge in [0.2, 0.25) is 0 Å². The van der Waals surface area contributed by atoms with E-state index in [-0.39, 0.29) is 5.02 Å². The maximum absolute atomic E-state index is 13.0. The lowest BCUT2D eigenvalue weighted by atomic mass is 10.1. The van der Waals surface area contributed by atoms with Gasteiger partial charge in [0.25, 0.3) is 0 Å². The van der Waals surface area contributed by atoms with E-state index >= 15 is 0 Å². The van der Waals surface area contributed by atoms with Crippen molar-refractivity contribution >= 4 is 39.2 Å². The summed E-state index contributed by atoms with van der Waals surface area (Å²) in [5, 5.41) is 12.3. The molecular formula is C14H10BrClFNO2. The second-order valence-corrected chi connectivity index (χ2v) is 5.41. The molecule has 2 aromatic rings. The maximum Gasteiger partial charge on any atom is 0.330 e. The molecule has 2 aromatic carbocycles. The number of carboxylic acid groups (broad SMARTS) is 1. The summed E-state index contributed by atoms with van der Waals surface area (Å²) >= 11 is 9.22. The van der Waals surface area contributed by atoms with Crippen LogP contribution in [0.4, 0.5) is 10.1 Å². The summed E-state index contributed by atoms with van der Waals surface area (Å²) in [6.07, 6.45) is 0. The first-order chi connectivity index (χ1) is 9.47. The Balaban J connectivity index is 2.34. The van der Waals surface area contributed by atoms with E-state index in [2.05, 4.69) is 21.2 Å². The van der Waals surface area contributed by atoms with E-state index < -0.39 is 17.8 Å². The van der Waals surface area contributed by atoms with E-state index in [9.17, 15) is 14.3 Å². The Labute approximate surface area is 128 Å². The van der Waals surface area contributed by atoms with Crippen LogP contribution in [0.3, 0.4) is 0 Å². The average molecular weight is 359 g/mol. The van der Waals surface area contributed by atoms with Crippen molar-refractivity contribution in [2.75, 3.05) is 5.32 Å². The molecule has 6 heteroatoms. The molecule has 0 fully saturated rings. The van der Waals surface area contributed by atoms with E-state index in [1.165, 1.54) is 12.1 Å². The van der Waals surface area contributed by atoms with Gasteiger partial charge in [0.1, 0.15) is 5.82 Å². The van der Waals surface area contributed by atoms with Crippen molar-refractivity contribution in [1.82, 2.24) is 0 Å². The topological polar surface area (TPSA) is 49.3 Å². The molecule has 3 nitrogen and oxygen atoms in total. The predicted octanol–water partition coefficient (Wildman–Crippen LogP) is 4.48. The van der Waals surface area contributed by atoms with Gasteiger partial charge in [-0.3, -0.25) is 0 Å². The zero-order chi connectivity index (χ0) is 14.7. The summed E-state index contributed by atoms with van der Waals surface area (Å²) in [5.74, 6) is -1.61. The summed E-state index contributed by atoms with van der Waals surface area (Å²) in [6, 6.07) is 9.66. The summed E-state index contributed by atoms with van der Waals surface area (Å²) in [4.78, 5) is 11.4. The monoisotopic (exact) mass is 357 g/mol. The quantitative estimate of drug-likeness (QED) is 0.847. The molecule has 0 aliphatic heterocycles. The minimum atomic E-state index is -1.10. The molecule has 0 bridgehead atoms. The largest absolute Gasteiger partial charge is 0.479 e. The predicted molar refractivity (Wildman–Crippen MR) is 79.6 cm³/mol. The molecule has 2 rings (SSSR count). The summed E-state index contributed by atoms with van der Waals surface area (Å²) in [5.41, 5.74) is 0.924. The summed E-state index contributed by atoms with van der Waals surface area (Å²) < 4.78 is 13.8. The van der Waals surface area contributed by atoms with Crippen molar-refractivity contribution in [3.8, 4) is 0 Å². The number of carbonyl (C=O) groups is 1. The Morgan fingerprint density at radius 3 is 2.65 bits per heavy atom. The lowest BCUT2D eigenvalue weighted by Crippen LogP contribution is -2.21. The van der Waals surface area contributed by atoms with Gasteiger partial charge in [0, 0.05) is 20.7 Å². The fraction of sp³-hybridized carbons (Fsp3) is 0.0714. The van der Waals surface area contributed by atoms with Gasteiger partial charge in [0.15, 0.2) is 6.04 Å². The second kappa shape index (κ2) is 6.24. The lowest BCUT2D eigenvalue weighted by molar-refractivity contribution is -0.138. The maximum atomic E-state index is 13.0. The van der Waals surface area contributed by atoms with Crippen molar-refractivity contribution in [3.05, 3.63) is 63.3 Å². The van der Waals surface area contributed by atoms with Crippen molar-refractivity contribution in [1.29, 1.82) is 0 Å². The van der Waals surface area contributed by atoms with Crippen LogP contribution in [-0.2, 0) is 4.79 Å². The van der Waals surface area contributed by atoms with Crippen LogP contribution in [-0.4, -0.2) is 11.1 Å². The molecule has 0 heterocycles. The molecule has 1 atom stereocenters. The molecule has 0 radical (unpaired) electrons. The molecule has 104 valence electrons. The third-order valence-electron chi connectivity index (χ3n) is 2.66. The zero-order valence-corrected chi connectivity index (χ0v) is 12.5. The molecule has 0 saturated carbocycles. The molecule has 2 N–H and O–H groups in total. The van der Waals surface area contributed by atoms with Gasteiger partial charge in [0.05, 0.1) is 0 Å². The second-order valence-electron chi connectivity index (χ2n) is 4.09. The van der Waals surface area contributed by atoms with E-state index in [1.54, 1.807) is 18.2 Å². The normalized spacial score (nSPS) is 11.9. The molecular weight excluding hydrogens is 349 g/mol. The van der Waals surface area contributed by atoms with Crippen LogP contribution in [0.5, 0.6) is 0 Å². The fourth-order valence-corrected chi connectivity index (χ4v) is 2.43. The first kappa shape index (κ1) is 14.8. The molecule has 0 aliphatic rings. The molecule has 20 heavy (non-hydrogen) atoms. The third-order valence-corrected chi connectivity index (χ3v) is 3.48. The lowest BCUT2D eigenvalue weighted by Gasteiger charge is -2.17. The minimum absolute atomic E-state index is 0.0693. The van der Waals surface area contributed by atoms with Crippen LogP contribution in [0.15, 0.2) is 46.9 Å². The smallest absolute Gasteiger partial charge is 0.330 e. The number of benzene rings is 2. The van der Waals surface area contributed by atoms with E-state index in [4.69, 9.17) is 11.6 Å². The molecule has 1 unspecified atom stereocenters. The molecule has 0 spiro atoms. The van der Waals surface area contributed by atoms with Gasteiger partial charge in [-0.1, -0.05) is 39.7 Å². The third kappa shape index (κ3) is 3.49. The van der Waals surface area contributed by atoms with E-state index in [0.717, 1.165) is 10.5 Å². The number of hydrogen-bond acceptors (Lipinski definition) is 2. The number of carboxylic acids is 1. The first-order valence-corrected chi connectivity index (χ1v) is 6.84. The van der Waals surface area contributed by atoms with Crippen LogP contribution in [0.25, 0.3) is 0 Å². The summed E-state index contributed by atoms with van der Waals surface area (Å²) in [7, 11) is 0. The minimum Gasteiger partial charge on any atom is -0.479 e. The Hall–Kier alpha value is -1.59. The summed E-state index contributed by atoms with van der Waals surface area (Å²) in [6.45, 7) is 0. The highest BCUT2D eigenvalue weighted by molar-refractivity contribution is 9.10. The average Bonchev–Trinajstić information content (AvgIpc) is 2.36. The van der Waals surface area contributed by atoms with Gasteiger partial charge < -0.3 is 10.4 Å². The molecule has 0 aromatic heterocycles. The van der Waals surface area contributed by atoms with Crippen molar-refractivity contribution < 1.29 is 14.3 Å². The Morgan fingerprint density at radius 1 is 1.30 bits per heavy atom. The SMILES string of the molecule is O=C(O)C(Nc1cccc(Br)c1)c1ccc(F)cc1Cl. The Kier molecular flexibility index (Phi) is 4.62. The highest BCUT2D eigenvalue weighted by Crippen LogP contribution is 2.28. The van der Waals surface area contributed by atoms with Gasteiger partial charge >= 0.3 is 5.97 Å². The van der Waals surface area contributed by atoms with Crippen molar-refractivity contribution in [2.45, 2.75) is 6.04 Å². The molecule has 0 aliphatic carbocycles. The van der Waals surface area contributed by atoms with Crippen LogP contribution >= 0.6 is 27.5 Å². The Morgan fingerprint density at radius 2 is 2.05 bits per heavy atom. The van der Waals surface area contributed by atoms with E-state index in [1.807, 2.05) is 6.07 Å². The van der Waals surface area contributed by atoms with Crippen LogP contribution in [0.2, 0.25) is 5.02 Å². The van der Waals surface area contributed by atoms with Gasteiger partial charge in [-0.2, -0.15) is 0 Å². The van der Waals surface area contributed by atoms with Crippen LogP contribution < -0.4 is 5.32 Å². The van der Waals surface area contributed by atoms with Gasteiger partial charge in [-0.15, -0.1) is 0 Å². The molecule has 0 saturated heterocycles. The van der Waals surface area contributed by atoms with Crippen molar-refractivity contribution in [3.63, 3.8) is 0 Å². The fourth-order valence-electron chi connectivity index (χ4n) is 1.75. The van der Waals surface area contributed by atoms with Crippen LogP contribution in [0.1, 0.15) is 11.6 Å². The zero-order valence-electron chi connectivity index (χ0n) is 10.1. The highest BCUT2D eigenvalue weighted by atomic mass is 79.9. The number of rotatable bonds is 4. The first-order valence-electron chi connectivity index (χ1n) is 5.67. The number of aliphatic carboxylic acids is 1. The number of hydrogen-bond donors (Lipinski definition) is 2. The number of nitrogens with one attached hydrogen (secondary N) is 1. The standard InChI is InChI=1S/C14H10BrClFNO2/c15-8-2-1-3-10(6-8)18-13(14(19)20)11-5-4-9(17)7-12(11)16/h1-7,13,18H,(H,19,20). The highest BCUT2D eigenvalue weighted by Gasteiger charge is 2.22. The van der Waals surface area contributed by atoms with Crippen LogP contribution in [0, 0.1) is 5.82 Å². The number of halogens is 3. The van der Waals surface area contributed by atoms with E-state index in [0.29, 0.717) is 11.3 Å². The van der Waals surface area contributed by atoms with Gasteiger partial charge in [-0.05, 0) is 30.3 Å². The molecule has 0 amide bonds. The number of anilines is 1. The van der Waals surface area contributed by atoms with Crippen molar-refractivity contribution in [2.24, 2.45) is 0 Å². The van der Waals surface area contributed by atoms with Gasteiger partial charge in [-0.25, -0.2) is 9.18 Å².